The highest BCUT2D eigenvalue weighted by molar-refractivity contribution is 7.13. The normalized spacial score (nSPS) is 11.5. The standard InChI is InChI=1S/C18H19FN6S/c1-2-3-13-10-15-14(11-22-13)23-16(25(15)7-4-19)12-24-8-5-20-17(24)18-21-6-9-26-18/h5-6,8-11H,2-4,7,12H2,1H3. The quantitative estimate of drug-likeness (QED) is 0.497. The van der Waals surface area contributed by atoms with Crippen molar-refractivity contribution in [2.24, 2.45) is 0 Å². The topological polar surface area (TPSA) is 61.4 Å². The van der Waals surface area contributed by atoms with Crippen LogP contribution >= 0.6 is 11.3 Å². The highest BCUT2D eigenvalue weighted by Gasteiger charge is 2.15. The van der Waals surface area contributed by atoms with Crippen molar-refractivity contribution in [3.8, 4) is 10.8 Å². The largest absolute Gasteiger partial charge is 0.324 e. The number of thiazole rings is 1. The lowest BCUT2D eigenvalue weighted by molar-refractivity contribution is 0.442. The van der Waals surface area contributed by atoms with Crippen LogP contribution in [0.25, 0.3) is 21.9 Å². The number of fused-ring (bicyclic) bond motifs is 1. The molecule has 26 heavy (non-hydrogen) atoms. The van der Waals surface area contributed by atoms with Crippen LogP contribution < -0.4 is 0 Å². The van der Waals surface area contributed by atoms with Crippen LogP contribution in [0.15, 0.2) is 36.2 Å². The molecule has 0 amide bonds. The Morgan fingerprint density at radius 3 is 2.88 bits per heavy atom. The summed E-state index contributed by atoms with van der Waals surface area (Å²) in [7, 11) is 0. The lowest BCUT2D eigenvalue weighted by Gasteiger charge is -2.09. The van der Waals surface area contributed by atoms with Gasteiger partial charge in [-0.25, -0.2) is 19.3 Å². The maximum absolute atomic E-state index is 13.2. The van der Waals surface area contributed by atoms with Gasteiger partial charge in [0.05, 0.1) is 24.8 Å². The molecule has 0 N–H and O–H groups in total. The first-order valence-corrected chi connectivity index (χ1v) is 9.49. The molecule has 6 nitrogen and oxygen atoms in total. The maximum Gasteiger partial charge on any atom is 0.169 e. The maximum atomic E-state index is 13.2. The summed E-state index contributed by atoms with van der Waals surface area (Å²) in [5, 5.41) is 2.78. The molecule has 0 saturated heterocycles. The molecule has 0 atom stereocenters. The summed E-state index contributed by atoms with van der Waals surface area (Å²) >= 11 is 1.54. The third kappa shape index (κ3) is 3.12. The van der Waals surface area contributed by atoms with Gasteiger partial charge < -0.3 is 9.13 Å². The number of aromatic nitrogens is 6. The average molecular weight is 370 g/mol. The SMILES string of the molecule is CCCc1cc2c(cn1)nc(Cn1ccnc1-c1nccs1)n2CCF. The van der Waals surface area contributed by atoms with Gasteiger partial charge in [-0.3, -0.25) is 4.98 Å². The van der Waals surface area contributed by atoms with Gasteiger partial charge in [0, 0.05) is 29.7 Å². The summed E-state index contributed by atoms with van der Waals surface area (Å²) < 4.78 is 17.1. The first kappa shape index (κ1) is 16.8. The lowest BCUT2D eigenvalue weighted by atomic mass is 10.2. The van der Waals surface area contributed by atoms with E-state index in [4.69, 9.17) is 4.98 Å². The molecule has 4 heterocycles. The van der Waals surface area contributed by atoms with Crippen LogP contribution in [0.5, 0.6) is 0 Å². The number of aryl methyl sites for hydroxylation is 2. The zero-order valence-corrected chi connectivity index (χ0v) is 15.3. The van der Waals surface area contributed by atoms with E-state index >= 15 is 0 Å². The van der Waals surface area contributed by atoms with Crippen molar-refractivity contribution in [3.63, 3.8) is 0 Å². The van der Waals surface area contributed by atoms with Gasteiger partial charge in [0.2, 0.25) is 0 Å². The molecule has 0 aromatic carbocycles. The van der Waals surface area contributed by atoms with E-state index in [9.17, 15) is 4.39 Å². The number of rotatable bonds is 7. The van der Waals surface area contributed by atoms with Crippen LogP contribution in [-0.4, -0.2) is 35.7 Å². The Kier molecular flexibility index (Phi) is 4.75. The van der Waals surface area contributed by atoms with Crippen molar-refractivity contribution in [2.75, 3.05) is 6.67 Å². The van der Waals surface area contributed by atoms with Crippen molar-refractivity contribution in [1.82, 2.24) is 29.1 Å². The molecule has 0 radical (unpaired) electrons. The number of nitrogens with zero attached hydrogens (tertiary/aromatic N) is 6. The molecule has 0 aliphatic rings. The van der Waals surface area contributed by atoms with Crippen LogP contribution in [-0.2, 0) is 19.5 Å². The van der Waals surface area contributed by atoms with Gasteiger partial charge >= 0.3 is 0 Å². The third-order valence-corrected chi connectivity index (χ3v) is 5.00. The Morgan fingerprint density at radius 1 is 1.19 bits per heavy atom. The molecule has 4 rings (SSSR count). The first-order chi connectivity index (χ1) is 12.8. The van der Waals surface area contributed by atoms with E-state index in [-0.39, 0.29) is 6.54 Å². The van der Waals surface area contributed by atoms with E-state index in [1.54, 1.807) is 29.9 Å². The van der Waals surface area contributed by atoms with Crippen molar-refractivity contribution in [2.45, 2.75) is 32.9 Å². The summed E-state index contributed by atoms with van der Waals surface area (Å²) in [6.07, 6.45) is 9.12. The van der Waals surface area contributed by atoms with Crippen LogP contribution in [0.3, 0.4) is 0 Å². The van der Waals surface area contributed by atoms with E-state index in [1.165, 1.54) is 0 Å². The molecule has 4 aromatic rings. The zero-order valence-electron chi connectivity index (χ0n) is 14.5. The van der Waals surface area contributed by atoms with Gasteiger partial charge in [0.1, 0.15) is 18.0 Å². The molecule has 134 valence electrons. The highest BCUT2D eigenvalue weighted by Crippen LogP contribution is 2.23. The van der Waals surface area contributed by atoms with Crippen LogP contribution in [0.2, 0.25) is 0 Å². The number of hydrogen-bond acceptors (Lipinski definition) is 5. The monoisotopic (exact) mass is 370 g/mol. The molecule has 0 saturated carbocycles. The van der Waals surface area contributed by atoms with Gasteiger partial charge in [-0.05, 0) is 12.5 Å². The minimum absolute atomic E-state index is 0.280. The van der Waals surface area contributed by atoms with Crippen LogP contribution in [0.1, 0.15) is 24.9 Å². The number of hydrogen-bond donors (Lipinski definition) is 0. The molecular weight excluding hydrogens is 351 g/mol. The molecule has 0 aliphatic carbocycles. The summed E-state index contributed by atoms with van der Waals surface area (Å²) in [6, 6.07) is 2.03. The van der Waals surface area contributed by atoms with Gasteiger partial charge in [-0.15, -0.1) is 11.3 Å². The fraction of sp³-hybridized carbons (Fsp3) is 0.333. The molecule has 0 spiro atoms. The minimum atomic E-state index is -0.437. The Bertz CT molecular complexity index is 1000. The van der Waals surface area contributed by atoms with Crippen molar-refractivity contribution < 1.29 is 4.39 Å². The van der Waals surface area contributed by atoms with Crippen molar-refractivity contribution in [3.05, 3.63) is 47.8 Å². The summed E-state index contributed by atoms with van der Waals surface area (Å²) in [6.45, 7) is 2.47. The fourth-order valence-electron chi connectivity index (χ4n) is 3.09. The van der Waals surface area contributed by atoms with E-state index < -0.39 is 6.67 Å². The molecule has 8 heteroatoms. The van der Waals surface area contributed by atoms with Gasteiger partial charge in [0.15, 0.2) is 10.8 Å². The fourth-order valence-corrected chi connectivity index (χ4v) is 3.74. The van der Waals surface area contributed by atoms with E-state index in [1.807, 2.05) is 26.8 Å². The van der Waals surface area contributed by atoms with Gasteiger partial charge in [-0.1, -0.05) is 13.3 Å². The highest BCUT2D eigenvalue weighted by atomic mass is 32.1. The second-order valence-electron chi connectivity index (χ2n) is 6.00. The van der Waals surface area contributed by atoms with E-state index in [0.717, 1.165) is 46.2 Å². The average Bonchev–Trinajstić information content (AvgIpc) is 3.37. The Balaban J connectivity index is 1.75. The first-order valence-electron chi connectivity index (χ1n) is 8.61. The molecule has 0 fully saturated rings. The van der Waals surface area contributed by atoms with Crippen molar-refractivity contribution >= 4 is 22.4 Å². The third-order valence-electron chi connectivity index (χ3n) is 4.24. The lowest BCUT2D eigenvalue weighted by Crippen LogP contribution is -2.10. The summed E-state index contributed by atoms with van der Waals surface area (Å²) in [5.74, 6) is 1.59. The number of imidazole rings is 2. The van der Waals surface area contributed by atoms with Crippen molar-refractivity contribution in [1.29, 1.82) is 0 Å². The van der Waals surface area contributed by atoms with Crippen LogP contribution in [0, 0.1) is 0 Å². The zero-order chi connectivity index (χ0) is 17.9. The van der Waals surface area contributed by atoms with Gasteiger partial charge in [-0.2, -0.15) is 0 Å². The predicted octanol–water partition coefficient (Wildman–Crippen LogP) is 3.72. The second kappa shape index (κ2) is 7.33. The van der Waals surface area contributed by atoms with Gasteiger partial charge in [0.25, 0.3) is 0 Å². The van der Waals surface area contributed by atoms with E-state index in [2.05, 4.69) is 21.9 Å². The number of alkyl halides is 1. The molecule has 0 aliphatic heterocycles. The molecule has 0 bridgehead atoms. The minimum Gasteiger partial charge on any atom is -0.324 e. The number of pyridine rings is 1. The Hall–Kier alpha value is -2.61. The number of halogens is 1. The molecular formula is C18H19FN6S. The summed E-state index contributed by atoms with van der Waals surface area (Å²) in [5.41, 5.74) is 2.74. The smallest absolute Gasteiger partial charge is 0.169 e. The van der Waals surface area contributed by atoms with Crippen LogP contribution in [0.4, 0.5) is 4.39 Å². The van der Waals surface area contributed by atoms with E-state index in [0.29, 0.717) is 6.54 Å². The molecule has 4 aromatic heterocycles. The predicted molar refractivity (Wildman–Crippen MR) is 99.9 cm³/mol. The molecule has 0 unspecified atom stereocenters. The summed E-state index contributed by atoms with van der Waals surface area (Å²) in [4.78, 5) is 17.9. The Morgan fingerprint density at radius 2 is 2.12 bits per heavy atom. The second-order valence-corrected chi connectivity index (χ2v) is 6.89. The Labute approximate surface area is 154 Å².